The summed E-state index contributed by atoms with van der Waals surface area (Å²) in [5.41, 5.74) is 1.87. The van der Waals surface area contributed by atoms with Crippen LogP contribution in [0.5, 0.6) is 0 Å². The van der Waals surface area contributed by atoms with Crippen molar-refractivity contribution in [2.24, 2.45) is 0 Å². The highest BCUT2D eigenvalue weighted by Crippen LogP contribution is 2.25. The van der Waals surface area contributed by atoms with Gasteiger partial charge in [0, 0.05) is 16.3 Å². The first-order valence-electron chi connectivity index (χ1n) is 7.91. The lowest BCUT2D eigenvalue weighted by atomic mass is 10.0. The molecule has 1 N–H and O–H groups in total. The Labute approximate surface area is 146 Å². The summed E-state index contributed by atoms with van der Waals surface area (Å²) in [6.07, 6.45) is 0.467. The fourth-order valence-corrected chi connectivity index (χ4v) is 6.07. The van der Waals surface area contributed by atoms with Gasteiger partial charge in [-0.05, 0) is 44.7 Å². The van der Waals surface area contributed by atoms with Gasteiger partial charge in [0.25, 0.3) is 5.91 Å². The van der Waals surface area contributed by atoms with Crippen LogP contribution >= 0.6 is 11.3 Å². The van der Waals surface area contributed by atoms with Gasteiger partial charge in [-0.2, -0.15) is 0 Å². The average molecular weight is 367 g/mol. The molecule has 0 bridgehead atoms. The van der Waals surface area contributed by atoms with E-state index in [1.807, 2.05) is 31.4 Å². The molecular formula is C17H22N2O3S2. The highest BCUT2D eigenvalue weighted by atomic mass is 32.2. The van der Waals surface area contributed by atoms with E-state index in [1.54, 1.807) is 18.3 Å². The number of carbonyl (C=O) groups excluding carboxylic acids is 1. The van der Waals surface area contributed by atoms with Crippen molar-refractivity contribution in [3.63, 3.8) is 0 Å². The summed E-state index contributed by atoms with van der Waals surface area (Å²) in [5.74, 6) is -0.0407. The van der Waals surface area contributed by atoms with Crippen LogP contribution < -0.4 is 5.32 Å². The van der Waals surface area contributed by atoms with Gasteiger partial charge < -0.3 is 9.88 Å². The summed E-state index contributed by atoms with van der Waals surface area (Å²) in [5, 5.41) is 4.98. The van der Waals surface area contributed by atoms with E-state index in [1.165, 1.54) is 4.88 Å². The van der Waals surface area contributed by atoms with Gasteiger partial charge in [0.05, 0.1) is 29.2 Å². The van der Waals surface area contributed by atoms with Crippen molar-refractivity contribution in [2.45, 2.75) is 39.3 Å². The minimum atomic E-state index is -3.05. The lowest BCUT2D eigenvalue weighted by Gasteiger charge is -2.23. The van der Waals surface area contributed by atoms with Crippen molar-refractivity contribution in [3.05, 3.63) is 45.4 Å². The zero-order valence-corrected chi connectivity index (χ0v) is 15.8. The van der Waals surface area contributed by atoms with Crippen molar-refractivity contribution in [2.75, 3.05) is 11.5 Å². The molecule has 3 heterocycles. The van der Waals surface area contributed by atoms with Gasteiger partial charge in [0.15, 0.2) is 9.84 Å². The predicted octanol–water partition coefficient (Wildman–Crippen LogP) is 2.52. The number of amides is 1. The third-order valence-electron chi connectivity index (χ3n) is 4.63. The number of hydrogen-bond donors (Lipinski definition) is 1. The predicted molar refractivity (Wildman–Crippen MR) is 96.5 cm³/mol. The number of rotatable bonds is 4. The molecule has 1 unspecified atom stereocenters. The third kappa shape index (κ3) is 3.42. The topological polar surface area (TPSA) is 68.2 Å². The van der Waals surface area contributed by atoms with Gasteiger partial charge >= 0.3 is 0 Å². The van der Waals surface area contributed by atoms with Crippen molar-refractivity contribution >= 4 is 27.1 Å². The Hall–Kier alpha value is -1.60. The van der Waals surface area contributed by atoms with Crippen LogP contribution in [0.4, 0.5) is 0 Å². The van der Waals surface area contributed by atoms with Crippen molar-refractivity contribution in [1.29, 1.82) is 0 Å². The molecule has 2 aromatic heterocycles. The van der Waals surface area contributed by atoms with Crippen LogP contribution in [0.3, 0.4) is 0 Å². The molecule has 1 amide bonds. The summed E-state index contributed by atoms with van der Waals surface area (Å²) in [4.78, 5) is 13.9. The number of thiophene rings is 1. The molecule has 0 spiro atoms. The molecule has 1 atom stereocenters. The van der Waals surface area contributed by atoms with Crippen molar-refractivity contribution < 1.29 is 13.2 Å². The highest BCUT2D eigenvalue weighted by molar-refractivity contribution is 7.91. The SMILES string of the molecule is Cc1cc(C(=O)NC2(C)CCS(=O)(=O)C2)c(C)n1Cc1cccs1. The monoisotopic (exact) mass is 366 g/mol. The molecule has 0 saturated carbocycles. The molecular weight excluding hydrogens is 344 g/mol. The molecule has 1 aliphatic heterocycles. The number of nitrogens with zero attached hydrogens (tertiary/aromatic N) is 1. The second kappa shape index (κ2) is 6.04. The summed E-state index contributed by atoms with van der Waals surface area (Å²) < 4.78 is 25.5. The Balaban J connectivity index is 1.81. The summed E-state index contributed by atoms with van der Waals surface area (Å²) in [7, 11) is -3.05. The van der Waals surface area contributed by atoms with Crippen LogP contribution in [0, 0.1) is 13.8 Å². The van der Waals surface area contributed by atoms with E-state index >= 15 is 0 Å². The molecule has 130 valence electrons. The number of aryl methyl sites for hydroxylation is 1. The van der Waals surface area contributed by atoms with E-state index < -0.39 is 15.4 Å². The quantitative estimate of drug-likeness (QED) is 0.904. The molecule has 24 heavy (non-hydrogen) atoms. The molecule has 7 heteroatoms. The maximum Gasteiger partial charge on any atom is 0.253 e. The molecule has 2 aromatic rings. The summed E-state index contributed by atoms with van der Waals surface area (Å²) in [6, 6.07) is 5.97. The zero-order valence-electron chi connectivity index (χ0n) is 14.1. The Morgan fingerprint density at radius 3 is 2.75 bits per heavy atom. The minimum Gasteiger partial charge on any atom is -0.346 e. The Kier molecular flexibility index (Phi) is 4.34. The van der Waals surface area contributed by atoms with Gasteiger partial charge in [-0.25, -0.2) is 8.42 Å². The molecule has 1 saturated heterocycles. The zero-order chi connectivity index (χ0) is 17.5. The average Bonchev–Trinajstić information content (AvgIpc) is 3.15. The van der Waals surface area contributed by atoms with Crippen LogP contribution in [-0.2, 0) is 16.4 Å². The highest BCUT2D eigenvalue weighted by Gasteiger charge is 2.39. The van der Waals surface area contributed by atoms with Gasteiger partial charge in [0.1, 0.15) is 0 Å². The fraction of sp³-hybridized carbons (Fsp3) is 0.471. The van der Waals surface area contributed by atoms with E-state index in [0.717, 1.165) is 17.9 Å². The van der Waals surface area contributed by atoms with Crippen LogP contribution in [0.15, 0.2) is 23.6 Å². The van der Waals surface area contributed by atoms with E-state index in [2.05, 4.69) is 16.0 Å². The van der Waals surface area contributed by atoms with E-state index in [4.69, 9.17) is 0 Å². The van der Waals surface area contributed by atoms with Crippen molar-refractivity contribution in [1.82, 2.24) is 9.88 Å². The minimum absolute atomic E-state index is 0.0136. The van der Waals surface area contributed by atoms with Crippen LogP contribution in [-0.4, -0.2) is 35.9 Å². The Morgan fingerprint density at radius 2 is 2.17 bits per heavy atom. The molecule has 3 rings (SSSR count). The molecule has 5 nitrogen and oxygen atoms in total. The van der Waals surface area contributed by atoms with Gasteiger partial charge in [-0.1, -0.05) is 6.07 Å². The first kappa shape index (κ1) is 17.2. The molecule has 1 aliphatic rings. The van der Waals surface area contributed by atoms with Gasteiger partial charge in [0.2, 0.25) is 0 Å². The standard InChI is InChI=1S/C17H22N2O3S2/c1-12-9-15(13(2)19(12)10-14-5-4-7-23-14)16(20)18-17(3)6-8-24(21,22)11-17/h4-5,7,9H,6,8,10-11H2,1-3H3,(H,18,20). The number of aromatic nitrogens is 1. The molecule has 0 radical (unpaired) electrons. The molecule has 1 fully saturated rings. The maximum atomic E-state index is 12.7. The Morgan fingerprint density at radius 1 is 1.42 bits per heavy atom. The normalized spacial score (nSPS) is 22.6. The smallest absolute Gasteiger partial charge is 0.253 e. The number of hydrogen-bond acceptors (Lipinski definition) is 4. The van der Waals surface area contributed by atoms with Crippen molar-refractivity contribution in [3.8, 4) is 0 Å². The van der Waals surface area contributed by atoms with E-state index in [-0.39, 0.29) is 17.4 Å². The second-order valence-corrected chi connectivity index (χ2v) is 10.0. The lowest BCUT2D eigenvalue weighted by molar-refractivity contribution is 0.0914. The van der Waals surface area contributed by atoms with E-state index in [0.29, 0.717) is 12.0 Å². The molecule has 0 aromatic carbocycles. The first-order chi connectivity index (χ1) is 11.2. The van der Waals surface area contributed by atoms with Gasteiger partial charge in [-0.3, -0.25) is 4.79 Å². The third-order valence-corrected chi connectivity index (χ3v) is 7.40. The Bertz CT molecular complexity index is 866. The van der Waals surface area contributed by atoms with Gasteiger partial charge in [-0.15, -0.1) is 11.3 Å². The maximum absolute atomic E-state index is 12.7. The summed E-state index contributed by atoms with van der Waals surface area (Å²) >= 11 is 1.69. The number of nitrogens with one attached hydrogen (secondary N) is 1. The summed E-state index contributed by atoms with van der Waals surface area (Å²) in [6.45, 7) is 6.47. The second-order valence-electron chi connectivity index (χ2n) is 6.81. The first-order valence-corrected chi connectivity index (χ1v) is 10.6. The fourth-order valence-electron chi connectivity index (χ4n) is 3.28. The van der Waals surface area contributed by atoms with Crippen LogP contribution in [0.1, 0.15) is 40.0 Å². The largest absolute Gasteiger partial charge is 0.346 e. The van der Waals surface area contributed by atoms with E-state index in [9.17, 15) is 13.2 Å². The number of sulfone groups is 1. The lowest BCUT2D eigenvalue weighted by Crippen LogP contribution is -2.47. The van der Waals surface area contributed by atoms with Crippen LogP contribution in [0.2, 0.25) is 0 Å². The molecule has 0 aliphatic carbocycles. The number of carbonyl (C=O) groups is 1. The van der Waals surface area contributed by atoms with Crippen LogP contribution in [0.25, 0.3) is 0 Å².